The highest BCUT2D eigenvalue weighted by Gasteiger charge is 2.47. The SMILES string of the molecule is C=CC(=O)N1CC2(CCN(c3c(S(C)(=O)=O)c(=O)n(-c4c(C)ccnc4C(C)C)c4nc(-c5c(N)cccc5F)c(F)cc34)CC2)C1. The zero-order valence-corrected chi connectivity index (χ0v) is 27.5. The van der Waals surface area contributed by atoms with Crippen molar-refractivity contribution in [1.82, 2.24) is 19.4 Å². The zero-order valence-electron chi connectivity index (χ0n) is 26.7. The summed E-state index contributed by atoms with van der Waals surface area (Å²) in [5.41, 5.74) is 5.77. The maximum atomic E-state index is 16.2. The molecule has 0 atom stereocenters. The van der Waals surface area contributed by atoms with E-state index in [9.17, 15) is 18.0 Å². The van der Waals surface area contributed by atoms with Crippen molar-refractivity contribution < 1.29 is 22.0 Å². The number of pyridine rings is 3. The number of anilines is 2. The summed E-state index contributed by atoms with van der Waals surface area (Å²) in [7, 11) is -4.20. The molecule has 2 N–H and O–H groups in total. The van der Waals surface area contributed by atoms with Crippen LogP contribution in [0.25, 0.3) is 28.0 Å². The highest BCUT2D eigenvalue weighted by atomic mass is 32.2. The monoisotopic (exact) mass is 662 g/mol. The number of nitrogen functional groups attached to an aromatic ring is 1. The first-order valence-electron chi connectivity index (χ1n) is 15.3. The summed E-state index contributed by atoms with van der Waals surface area (Å²) in [6, 6.07) is 6.76. The van der Waals surface area contributed by atoms with Crippen LogP contribution in [0.2, 0.25) is 0 Å². The molecule has 2 fully saturated rings. The Kier molecular flexibility index (Phi) is 7.94. The molecule has 2 aliphatic heterocycles. The molecule has 0 radical (unpaired) electrons. The molecule has 6 rings (SSSR count). The Morgan fingerprint density at radius 1 is 1.11 bits per heavy atom. The fourth-order valence-electron chi connectivity index (χ4n) is 6.92. The third kappa shape index (κ3) is 5.35. The Bertz CT molecular complexity index is 2110. The van der Waals surface area contributed by atoms with Gasteiger partial charge in [-0.1, -0.05) is 26.5 Å². The molecule has 13 heteroatoms. The Balaban J connectivity index is 1.65. The minimum absolute atomic E-state index is 0.0454. The van der Waals surface area contributed by atoms with Crippen molar-refractivity contribution in [2.45, 2.75) is 44.4 Å². The van der Waals surface area contributed by atoms with E-state index in [1.54, 1.807) is 29.0 Å². The largest absolute Gasteiger partial charge is 0.398 e. The molecule has 10 nitrogen and oxygen atoms in total. The number of rotatable bonds is 6. The van der Waals surface area contributed by atoms with Gasteiger partial charge in [-0.25, -0.2) is 22.2 Å². The van der Waals surface area contributed by atoms with E-state index >= 15 is 8.78 Å². The van der Waals surface area contributed by atoms with Crippen molar-refractivity contribution in [1.29, 1.82) is 0 Å². The molecular formula is C34H36F2N6O4S. The normalized spacial score (nSPS) is 16.1. The van der Waals surface area contributed by atoms with Gasteiger partial charge in [-0.15, -0.1) is 0 Å². The average molecular weight is 663 g/mol. The van der Waals surface area contributed by atoms with Crippen LogP contribution in [0.4, 0.5) is 20.2 Å². The van der Waals surface area contributed by atoms with E-state index < -0.39 is 37.6 Å². The van der Waals surface area contributed by atoms with Crippen LogP contribution >= 0.6 is 0 Å². The van der Waals surface area contributed by atoms with Gasteiger partial charge in [0, 0.05) is 55.1 Å². The highest BCUT2D eigenvalue weighted by molar-refractivity contribution is 7.90. The van der Waals surface area contributed by atoms with Gasteiger partial charge in [0.2, 0.25) is 5.91 Å². The molecule has 1 spiro atoms. The first-order valence-corrected chi connectivity index (χ1v) is 17.2. The van der Waals surface area contributed by atoms with Gasteiger partial charge < -0.3 is 15.5 Å². The first-order chi connectivity index (χ1) is 22.2. The number of benzene rings is 1. The second-order valence-electron chi connectivity index (χ2n) is 12.9. The molecule has 0 saturated carbocycles. The van der Waals surface area contributed by atoms with Crippen molar-refractivity contribution >= 4 is 38.2 Å². The van der Waals surface area contributed by atoms with Gasteiger partial charge in [0.15, 0.2) is 26.2 Å². The number of carbonyl (C=O) groups is 1. The van der Waals surface area contributed by atoms with Crippen LogP contribution in [-0.4, -0.2) is 66.2 Å². The van der Waals surface area contributed by atoms with Crippen LogP contribution in [0, 0.1) is 24.0 Å². The number of likely N-dealkylation sites (tertiary alicyclic amines) is 1. The second kappa shape index (κ2) is 11.5. The van der Waals surface area contributed by atoms with Gasteiger partial charge in [-0.05, 0) is 61.6 Å². The van der Waals surface area contributed by atoms with Crippen LogP contribution in [0.5, 0.6) is 0 Å². The minimum atomic E-state index is -4.20. The van der Waals surface area contributed by atoms with Gasteiger partial charge in [0.05, 0.1) is 22.6 Å². The predicted octanol–water partition coefficient (Wildman–Crippen LogP) is 4.76. The van der Waals surface area contributed by atoms with E-state index in [1.807, 2.05) is 13.8 Å². The van der Waals surface area contributed by atoms with Crippen LogP contribution < -0.4 is 16.2 Å². The summed E-state index contributed by atoms with van der Waals surface area (Å²) in [6.07, 6.45) is 5.05. The number of carbonyl (C=O) groups excluding carboxylic acids is 1. The lowest BCUT2D eigenvalue weighted by Crippen LogP contribution is -2.61. The third-order valence-electron chi connectivity index (χ3n) is 9.29. The van der Waals surface area contributed by atoms with E-state index in [0.717, 1.165) is 18.4 Å². The predicted molar refractivity (Wildman–Crippen MR) is 177 cm³/mol. The fraction of sp³-hybridized carbons (Fsp3) is 0.353. The number of aryl methyl sites for hydroxylation is 1. The van der Waals surface area contributed by atoms with E-state index in [4.69, 9.17) is 5.73 Å². The molecule has 2 saturated heterocycles. The van der Waals surface area contributed by atoms with E-state index in [-0.39, 0.29) is 45.2 Å². The Hall–Kier alpha value is -4.65. The molecule has 3 aromatic heterocycles. The number of hydrogen-bond acceptors (Lipinski definition) is 8. The number of nitrogens with two attached hydrogens (primary N) is 1. The molecule has 2 aliphatic rings. The summed E-state index contributed by atoms with van der Waals surface area (Å²) in [5.74, 6) is -2.07. The summed E-state index contributed by atoms with van der Waals surface area (Å²) in [4.78, 5) is 38.9. The molecule has 47 heavy (non-hydrogen) atoms. The number of nitrogens with zero attached hydrogens (tertiary/aromatic N) is 5. The van der Waals surface area contributed by atoms with Gasteiger partial charge in [-0.3, -0.25) is 19.1 Å². The maximum Gasteiger partial charge on any atom is 0.277 e. The number of sulfone groups is 1. The van der Waals surface area contributed by atoms with Crippen molar-refractivity contribution in [3.63, 3.8) is 0 Å². The fourth-order valence-corrected chi connectivity index (χ4v) is 7.92. The standard InChI is InChI=1S/C34H36F2N6O4S/c1-6-25(43)41-17-34(18-41)11-14-40(15-12-34)30-21-16-23(36)28(26-22(35)8-7-9-24(26)37)39-32(21)42(33(44)31(30)47(5,45)46)29-20(4)10-13-38-27(29)19(2)3/h6-10,13,16,19H,1,11-12,14-15,17-18,37H2,2-5H3. The van der Waals surface area contributed by atoms with Crippen molar-refractivity contribution in [3.8, 4) is 16.9 Å². The Labute approximate surface area is 271 Å². The van der Waals surface area contributed by atoms with Gasteiger partial charge in [-0.2, -0.15) is 0 Å². The maximum absolute atomic E-state index is 16.2. The van der Waals surface area contributed by atoms with Crippen molar-refractivity contribution in [3.05, 3.63) is 82.4 Å². The van der Waals surface area contributed by atoms with Crippen molar-refractivity contribution in [2.24, 2.45) is 5.41 Å². The Morgan fingerprint density at radius 2 is 1.79 bits per heavy atom. The number of hydrogen-bond donors (Lipinski definition) is 1. The number of amides is 1. The van der Waals surface area contributed by atoms with E-state index in [2.05, 4.69) is 16.5 Å². The van der Waals surface area contributed by atoms with Crippen LogP contribution in [0.3, 0.4) is 0 Å². The minimum Gasteiger partial charge on any atom is -0.398 e. The molecule has 246 valence electrons. The van der Waals surface area contributed by atoms with Gasteiger partial charge in [0.25, 0.3) is 5.56 Å². The molecule has 5 heterocycles. The van der Waals surface area contributed by atoms with E-state index in [1.165, 1.54) is 22.8 Å². The number of fused-ring (bicyclic) bond motifs is 1. The highest BCUT2D eigenvalue weighted by Crippen LogP contribution is 2.44. The number of piperidine rings is 1. The number of aromatic nitrogens is 3. The molecule has 4 aromatic rings. The molecule has 0 unspecified atom stereocenters. The summed E-state index contributed by atoms with van der Waals surface area (Å²) in [6.45, 7) is 10.9. The lowest BCUT2D eigenvalue weighted by atomic mass is 9.72. The van der Waals surface area contributed by atoms with Crippen LogP contribution in [0.1, 0.15) is 43.9 Å². The van der Waals surface area contributed by atoms with E-state index in [0.29, 0.717) is 56.0 Å². The molecule has 1 amide bonds. The number of halogens is 2. The smallest absolute Gasteiger partial charge is 0.277 e. The lowest BCUT2D eigenvalue weighted by molar-refractivity contribution is -0.139. The first kappa shape index (κ1) is 32.3. The molecular weight excluding hydrogens is 626 g/mol. The van der Waals surface area contributed by atoms with Gasteiger partial charge >= 0.3 is 0 Å². The zero-order chi connectivity index (χ0) is 34.0. The molecule has 1 aromatic carbocycles. The van der Waals surface area contributed by atoms with Crippen LogP contribution in [0.15, 0.2) is 58.9 Å². The Morgan fingerprint density at radius 3 is 2.38 bits per heavy atom. The summed E-state index contributed by atoms with van der Waals surface area (Å²) in [5, 5.41) is 0.0761. The second-order valence-corrected chi connectivity index (χ2v) is 14.8. The van der Waals surface area contributed by atoms with Crippen molar-refractivity contribution in [2.75, 3.05) is 43.1 Å². The topological polar surface area (TPSA) is 131 Å². The summed E-state index contributed by atoms with van der Waals surface area (Å²) >= 11 is 0. The van der Waals surface area contributed by atoms with Crippen LogP contribution in [-0.2, 0) is 14.6 Å². The third-order valence-corrected chi connectivity index (χ3v) is 10.4. The lowest BCUT2D eigenvalue weighted by Gasteiger charge is -2.54. The van der Waals surface area contributed by atoms with Gasteiger partial charge in [0.1, 0.15) is 11.5 Å². The molecule has 0 aliphatic carbocycles. The molecule has 0 bridgehead atoms. The average Bonchev–Trinajstić information content (AvgIpc) is 2.99. The summed E-state index contributed by atoms with van der Waals surface area (Å²) < 4.78 is 59.7. The quantitative estimate of drug-likeness (QED) is 0.231.